The summed E-state index contributed by atoms with van der Waals surface area (Å²) in [6.45, 7) is 8.02. The molecule has 234 valence electrons. The van der Waals surface area contributed by atoms with E-state index in [0.717, 1.165) is 11.1 Å². The monoisotopic (exact) mass is 710 g/mol. The molecule has 0 N–H and O–H groups in total. The molecule has 0 fully saturated rings. The summed E-state index contributed by atoms with van der Waals surface area (Å²) in [4.78, 5) is 32.6. The fraction of sp³-hybridized carbons (Fsp3) is 0.265. The van der Waals surface area contributed by atoms with Gasteiger partial charge < -0.3 is 18.9 Å². The quantitative estimate of drug-likeness (QED) is 0.173. The molecule has 0 aliphatic carbocycles. The number of carbonyl (C=O) groups is 1. The minimum absolute atomic E-state index is 0.249. The van der Waals surface area contributed by atoms with Crippen molar-refractivity contribution in [2.45, 2.75) is 46.4 Å². The van der Waals surface area contributed by atoms with Crippen LogP contribution in [0, 0.1) is 0 Å². The first-order valence-corrected chi connectivity index (χ1v) is 16.3. The molecule has 1 aromatic heterocycles. The van der Waals surface area contributed by atoms with Crippen LogP contribution in [0.15, 0.2) is 86.2 Å². The van der Waals surface area contributed by atoms with Gasteiger partial charge in [0.05, 0.1) is 46.1 Å². The van der Waals surface area contributed by atoms with Gasteiger partial charge in [-0.3, -0.25) is 9.36 Å². The van der Waals surface area contributed by atoms with Crippen molar-refractivity contribution in [3.8, 4) is 17.2 Å². The van der Waals surface area contributed by atoms with Crippen LogP contribution in [0.25, 0.3) is 6.08 Å². The highest BCUT2D eigenvalue weighted by molar-refractivity contribution is 9.10. The number of thiazole rings is 1. The number of nitrogens with zero attached hydrogens (tertiary/aromatic N) is 2. The number of methoxy groups -OCH3 is 1. The molecule has 0 unspecified atom stereocenters. The molecule has 0 spiro atoms. The van der Waals surface area contributed by atoms with Gasteiger partial charge in [0.15, 0.2) is 16.3 Å². The standard InChI is InChI=1S/C34H32BrClN2O6S/c1-6-42-24-13-11-22(12-14-24)30-29(33(40)44-19(2)3)20(4)37-34-38(30)32(39)28(45-34)17-21-15-25(35)31(27(16-21)41-5)43-18-23-9-7-8-10-26(23)36/h7-17,19,30H,6,18H2,1-5H3/b28-17+/t30-/m1/s1. The molecule has 0 amide bonds. The summed E-state index contributed by atoms with van der Waals surface area (Å²) < 4.78 is 25.6. The van der Waals surface area contributed by atoms with Crippen LogP contribution in [-0.4, -0.2) is 30.4 Å². The van der Waals surface area contributed by atoms with Gasteiger partial charge in [0.1, 0.15) is 12.4 Å². The Kier molecular flexibility index (Phi) is 10.2. The predicted molar refractivity (Wildman–Crippen MR) is 179 cm³/mol. The van der Waals surface area contributed by atoms with Crippen molar-refractivity contribution < 1.29 is 23.7 Å². The third-order valence-corrected chi connectivity index (χ3v) is 8.91. The van der Waals surface area contributed by atoms with Gasteiger partial charge >= 0.3 is 5.97 Å². The summed E-state index contributed by atoms with van der Waals surface area (Å²) in [5, 5.41) is 0.610. The smallest absolute Gasteiger partial charge is 0.338 e. The first-order chi connectivity index (χ1) is 21.6. The summed E-state index contributed by atoms with van der Waals surface area (Å²) >= 11 is 11.2. The molecule has 45 heavy (non-hydrogen) atoms. The number of benzene rings is 3. The molecule has 0 saturated heterocycles. The Morgan fingerprint density at radius 3 is 2.53 bits per heavy atom. The Hall–Kier alpha value is -3.86. The zero-order valence-electron chi connectivity index (χ0n) is 25.4. The van der Waals surface area contributed by atoms with Crippen LogP contribution in [0.4, 0.5) is 0 Å². The van der Waals surface area contributed by atoms with Gasteiger partial charge in [0, 0.05) is 10.6 Å². The number of carbonyl (C=O) groups excluding carboxylic acids is 1. The molecule has 5 rings (SSSR count). The minimum atomic E-state index is -0.729. The first kappa shape index (κ1) is 32.5. The fourth-order valence-electron chi connectivity index (χ4n) is 4.97. The SMILES string of the molecule is CCOc1ccc([C@@H]2C(C(=O)OC(C)C)=C(C)N=c3s/c(=C/c4cc(Br)c(OCc5ccccc5Cl)c(OC)c4)c(=O)n32)cc1. The number of hydrogen-bond acceptors (Lipinski definition) is 8. The van der Waals surface area contributed by atoms with Crippen LogP contribution in [0.3, 0.4) is 0 Å². The van der Waals surface area contributed by atoms with E-state index in [2.05, 4.69) is 20.9 Å². The van der Waals surface area contributed by atoms with Crippen LogP contribution >= 0.6 is 38.9 Å². The van der Waals surface area contributed by atoms with Crippen LogP contribution in [-0.2, 0) is 16.1 Å². The molecule has 3 aromatic carbocycles. The molecule has 1 aliphatic rings. The molecule has 2 heterocycles. The second-order valence-electron chi connectivity index (χ2n) is 10.5. The Bertz CT molecular complexity index is 1950. The number of aromatic nitrogens is 1. The van der Waals surface area contributed by atoms with Crippen molar-refractivity contribution in [2.24, 2.45) is 4.99 Å². The summed E-state index contributed by atoms with van der Waals surface area (Å²) in [6, 6.07) is 17.8. The molecule has 1 aliphatic heterocycles. The number of hydrogen-bond donors (Lipinski definition) is 0. The summed E-state index contributed by atoms with van der Waals surface area (Å²) in [5.74, 6) is 1.17. The lowest BCUT2D eigenvalue weighted by atomic mass is 9.96. The molecule has 0 radical (unpaired) electrons. The van der Waals surface area contributed by atoms with Crippen LogP contribution in [0.2, 0.25) is 5.02 Å². The first-order valence-electron chi connectivity index (χ1n) is 14.3. The van der Waals surface area contributed by atoms with Gasteiger partial charge in [-0.2, -0.15) is 0 Å². The van der Waals surface area contributed by atoms with Crippen molar-refractivity contribution >= 4 is 50.9 Å². The predicted octanol–water partition coefficient (Wildman–Crippen LogP) is 6.59. The maximum absolute atomic E-state index is 14.1. The number of rotatable bonds is 10. The molecule has 0 saturated carbocycles. The van der Waals surface area contributed by atoms with Crippen molar-refractivity contribution in [1.82, 2.24) is 4.57 Å². The molecule has 11 heteroatoms. The van der Waals surface area contributed by atoms with E-state index in [1.165, 1.54) is 11.3 Å². The number of allylic oxidation sites excluding steroid dienone is 1. The topological polar surface area (TPSA) is 88.4 Å². The second kappa shape index (κ2) is 14.1. The van der Waals surface area contributed by atoms with E-state index >= 15 is 0 Å². The van der Waals surface area contributed by atoms with Crippen LogP contribution in [0.1, 0.15) is 50.4 Å². The Morgan fingerprint density at radius 1 is 1.13 bits per heavy atom. The van der Waals surface area contributed by atoms with E-state index in [4.69, 9.17) is 30.5 Å². The molecule has 8 nitrogen and oxygen atoms in total. The van der Waals surface area contributed by atoms with E-state index in [1.807, 2.05) is 61.5 Å². The number of ether oxygens (including phenoxy) is 4. The van der Waals surface area contributed by atoms with Gasteiger partial charge in [0.2, 0.25) is 0 Å². The Balaban J connectivity index is 1.57. The zero-order valence-corrected chi connectivity index (χ0v) is 28.6. The van der Waals surface area contributed by atoms with Gasteiger partial charge in [0.25, 0.3) is 5.56 Å². The van der Waals surface area contributed by atoms with Gasteiger partial charge in [-0.25, -0.2) is 9.79 Å². The Morgan fingerprint density at radius 2 is 1.87 bits per heavy atom. The molecular formula is C34H32BrClN2O6S. The third-order valence-electron chi connectivity index (χ3n) is 6.97. The van der Waals surface area contributed by atoms with E-state index in [9.17, 15) is 9.59 Å². The average Bonchev–Trinajstić information content (AvgIpc) is 3.30. The zero-order chi connectivity index (χ0) is 32.2. The second-order valence-corrected chi connectivity index (χ2v) is 12.7. The number of halogens is 2. The highest BCUT2D eigenvalue weighted by atomic mass is 79.9. The van der Waals surface area contributed by atoms with Gasteiger partial charge in [-0.15, -0.1) is 0 Å². The molecule has 1 atom stereocenters. The van der Waals surface area contributed by atoms with Gasteiger partial charge in [-0.1, -0.05) is 53.3 Å². The highest BCUT2D eigenvalue weighted by Crippen LogP contribution is 2.38. The van der Waals surface area contributed by atoms with E-state index in [-0.39, 0.29) is 18.3 Å². The van der Waals surface area contributed by atoms with Crippen molar-refractivity contribution in [3.63, 3.8) is 0 Å². The summed E-state index contributed by atoms with van der Waals surface area (Å²) in [5.41, 5.74) is 2.82. The van der Waals surface area contributed by atoms with Crippen LogP contribution < -0.4 is 29.1 Å². The van der Waals surface area contributed by atoms with Crippen molar-refractivity contribution in [1.29, 1.82) is 0 Å². The summed E-state index contributed by atoms with van der Waals surface area (Å²) in [7, 11) is 1.55. The molecular weight excluding hydrogens is 680 g/mol. The number of fused-ring (bicyclic) bond motifs is 1. The average molecular weight is 712 g/mol. The molecule has 4 aromatic rings. The lowest BCUT2D eigenvalue weighted by Crippen LogP contribution is -2.40. The summed E-state index contributed by atoms with van der Waals surface area (Å²) in [6.07, 6.45) is 1.43. The molecule has 0 bridgehead atoms. The normalized spacial score (nSPS) is 14.7. The largest absolute Gasteiger partial charge is 0.494 e. The van der Waals surface area contributed by atoms with Gasteiger partial charge in [-0.05, 0) is 91.2 Å². The maximum atomic E-state index is 14.1. The minimum Gasteiger partial charge on any atom is -0.494 e. The van der Waals surface area contributed by atoms with Crippen LogP contribution in [0.5, 0.6) is 17.2 Å². The lowest BCUT2D eigenvalue weighted by molar-refractivity contribution is -0.143. The maximum Gasteiger partial charge on any atom is 0.338 e. The van der Waals surface area contributed by atoms with E-state index in [1.54, 1.807) is 44.6 Å². The Labute approximate surface area is 278 Å². The highest BCUT2D eigenvalue weighted by Gasteiger charge is 2.34. The number of esters is 1. The fourth-order valence-corrected chi connectivity index (χ4v) is 6.78. The third kappa shape index (κ3) is 7.03. The van der Waals surface area contributed by atoms with E-state index in [0.29, 0.717) is 59.5 Å². The van der Waals surface area contributed by atoms with Crippen molar-refractivity contribution in [2.75, 3.05) is 13.7 Å². The lowest BCUT2D eigenvalue weighted by Gasteiger charge is -2.25. The van der Waals surface area contributed by atoms with Crippen molar-refractivity contribution in [3.05, 3.63) is 118 Å². The van der Waals surface area contributed by atoms with E-state index < -0.39 is 12.0 Å².